The summed E-state index contributed by atoms with van der Waals surface area (Å²) in [7, 11) is 0. The zero-order valence-corrected chi connectivity index (χ0v) is 8.50. The minimum absolute atomic E-state index is 0.161. The van der Waals surface area contributed by atoms with Gasteiger partial charge in [0.2, 0.25) is 0 Å². The molecule has 0 saturated heterocycles. The van der Waals surface area contributed by atoms with Crippen LogP contribution in [-0.4, -0.2) is 6.04 Å². The van der Waals surface area contributed by atoms with Crippen molar-refractivity contribution in [3.63, 3.8) is 0 Å². The van der Waals surface area contributed by atoms with Gasteiger partial charge in [0.15, 0.2) is 0 Å². The van der Waals surface area contributed by atoms with E-state index < -0.39 is 0 Å². The van der Waals surface area contributed by atoms with Gasteiger partial charge < -0.3 is 11.1 Å². The monoisotopic (exact) mass is 204 g/mol. The molecule has 0 spiro atoms. The van der Waals surface area contributed by atoms with Crippen LogP contribution in [0.4, 0.5) is 4.39 Å². The Morgan fingerprint density at radius 3 is 2.53 bits per heavy atom. The van der Waals surface area contributed by atoms with Crippen LogP contribution < -0.4 is 11.1 Å². The van der Waals surface area contributed by atoms with Crippen molar-refractivity contribution < 1.29 is 4.39 Å². The van der Waals surface area contributed by atoms with Gasteiger partial charge in [-0.05, 0) is 36.3 Å². The van der Waals surface area contributed by atoms with Crippen LogP contribution in [0.5, 0.6) is 0 Å². The molecular formula is C12H13FN2. The van der Waals surface area contributed by atoms with Crippen LogP contribution in [0.25, 0.3) is 5.57 Å². The van der Waals surface area contributed by atoms with Gasteiger partial charge in [-0.25, -0.2) is 4.39 Å². The lowest BCUT2D eigenvalue weighted by Gasteiger charge is -2.19. The van der Waals surface area contributed by atoms with E-state index in [0.717, 1.165) is 16.8 Å². The molecular weight excluding hydrogens is 191 g/mol. The minimum atomic E-state index is -0.228. The standard InChI is InChI=1S/C12H13FN2/c1-8-12(14)6-10(7-15-8)9-2-4-11(13)5-3-9/h2-8,15H,14H2,1H3. The lowest BCUT2D eigenvalue weighted by molar-refractivity contribution is 0.627. The van der Waals surface area contributed by atoms with Crippen LogP contribution in [0, 0.1) is 5.82 Å². The summed E-state index contributed by atoms with van der Waals surface area (Å²) in [6, 6.07) is 6.52. The van der Waals surface area contributed by atoms with Gasteiger partial charge >= 0.3 is 0 Å². The summed E-state index contributed by atoms with van der Waals surface area (Å²) in [5.74, 6) is -0.228. The third kappa shape index (κ3) is 2.01. The zero-order valence-electron chi connectivity index (χ0n) is 8.50. The number of hydrogen-bond acceptors (Lipinski definition) is 2. The number of nitrogens with one attached hydrogen (secondary N) is 1. The van der Waals surface area contributed by atoms with Crippen LogP contribution in [0.2, 0.25) is 0 Å². The molecule has 0 bridgehead atoms. The molecule has 1 aromatic rings. The maximum Gasteiger partial charge on any atom is 0.123 e. The average Bonchev–Trinajstić information content (AvgIpc) is 2.23. The van der Waals surface area contributed by atoms with Crippen LogP contribution in [0.3, 0.4) is 0 Å². The molecule has 1 unspecified atom stereocenters. The molecule has 0 aromatic heterocycles. The van der Waals surface area contributed by atoms with E-state index in [1.807, 2.05) is 19.2 Å². The van der Waals surface area contributed by atoms with Gasteiger partial charge in [-0.15, -0.1) is 0 Å². The molecule has 15 heavy (non-hydrogen) atoms. The summed E-state index contributed by atoms with van der Waals surface area (Å²) in [6.07, 6.45) is 3.81. The first kappa shape index (κ1) is 9.77. The van der Waals surface area contributed by atoms with Crippen LogP contribution in [-0.2, 0) is 0 Å². The average molecular weight is 204 g/mol. The highest BCUT2D eigenvalue weighted by Crippen LogP contribution is 2.20. The normalized spacial score (nSPS) is 20.3. The molecule has 0 saturated carbocycles. The second-order valence-corrected chi connectivity index (χ2v) is 3.64. The highest BCUT2D eigenvalue weighted by atomic mass is 19.1. The van der Waals surface area contributed by atoms with E-state index in [1.165, 1.54) is 12.1 Å². The van der Waals surface area contributed by atoms with Gasteiger partial charge in [0.05, 0.1) is 6.04 Å². The van der Waals surface area contributed by atoms with Crippen molar-refractivity contribution in [3.05, 3.63) is 53.6 Å². The molecule has 0 aliphatic carbocycles. The highest BCUT2D eigenvalue weighted by molar-refractivity contribution is 5.75. The first-order chi connectivity index (χ1) is 7.16. The third-order valence-electron chi connectivity index (χ3n) is 2.49. The Labute approximate surface area is 88.3 Å². The van der Waals surface area contributed by atoms with Gasteiger partial charge in [0, 0.05) is 11.9 Å². The number of rotatable bonds is 1. The topological polar surface area (TPSA) is 38.0 Å². The van der Waals surface area contributed by atoms with E-state index >= 15 is 0 Å². The summed E-state index contributed by atoms with van der Waals surface area (Å²) in [4.78, 5) is 0. The number of dihydropyridines is 1. The molecule has 3 heteroatoms. The lowest BCUT2D eigenvalue weighted by atomic mass is 10.0. The van der Waals surface area contributed by atoms with E-state index in [4.69, 9.17) is 5.73 Å². The summed E-state index contributed by atoms with van der Waals surface area (Å²) in [5, 5.41) is 3.15. The molecule has 1 heterocycles. The maximum absolute atomic E-state index is 12.7. The van der Waals surface area contributed by atoms with Gasteiger partial charge in [-0.2, -0.15) is 0 Å². The van der Waals surface area contributed by atoms with Gasteiger partial charge in [-0.1, -0.05) is 12.1 Å². The summed E-state index contributed by atoms with van der Waals surface area (Å²) < 4.78 is 12.7. The molecule has 1 aliphatic rings. The molecule has 1 aromatic carbocycles. The van der Waals surface area contributed by atoms with Crippen LogP contribution in [0.15, 0.2) is 42.2 Å². The van der Waals surface area contributed by atoms with Gasteiger partial charge in [-0.3, -0.25) is 0 Å². The summed E-state index contributed by atoms with van der Waals surface area (Å²) >= 11 is 0. The second kappa shape index (κ2) is 3.77. The Balaban J connectivity index is 2.30. The maximum atomic E-state index is 12.7. The molecule has 2 nitrogen and oxygen atoms in total. The minimum Gasteiger partial charge on any atom is -0.400 e. The molecule has 2 rings (SSSR count). The molecule has 0 fully saturated rings. The smallest absolute Gasteiger partial charge is 0.123 e. The molecule has 0 radical (unpaired) electrons. The van der Waals surface area contributed by atoms with Crippen molar-refractivity contribution in [1.29, 1.82) is 0 Å². The highest BCUT2D eigenvalue weighted by Gasteiger charge is 2.10. The Kier molecular flexibility index (Phi) is 2.46. The largest absolute Gasteiger partial charge is 0.400 e. The predicted molar refractivity (Wildman–Crippen MR) is 59.2 cm³/mol. The molecule has 0 amide bonds. The number of allylic oxidation sites excluding steroid dienone is 2. The van der Waals surface area contributed by atoms with Crippen molar-refractivity contribution >= 4 is 5.57 Å². The zero-order chi connectivity index (χ0) is 10.8. The van der Waals surface area contributed by atoms with Crippen molar-refractivity contribution in [3.8, 4) is 0 Å². The first-order valence-electron chi connectivity index (χ1n) is 4.86. The number of hydrogen-bond donors (Lipinski definition) is 2. The fraction of sp³-hybridized carbons (Fsp3) is 0.167. The van der Waals surface area contributed by atoms with Crippen molar-refractivity contribution in [2.24, 2.45) is 5.73 Å². The molecule has 1 aliphatic heterocycles. The summed E-state index contributed by atoms with van der Waals surface area (Å²) in [5.41, 5.74) is 8.54. The predicted octanol–water partition coefficient (Wildman–Crippen LogP) is 2.00. The van der Waals surface area contributed by atoms with E-state index in [0.29, 0.717) is 0 Å². The Morgan fingerprint density at radius 1 is 1.27 bits per heavy atom. The van der Waals surface area contributed by atoms with Crippen molar-refractivity contribution in [2.45, 2.75) is 13.0 Å². The van der Waals surface area contributed by atoms with Crippen LogP contribution >= 0.6 is 0 Å². The quantitative estimate of drug-likeness (QED) is 0.734. The Morgan fingerprint density at radius 2 is 1.93 bits per heavy atom. The Hall–Kier alpha value is -1.77. The molecule has 1 atom stereocenters. The fourth-order valence-corrected chi connectivity index (χ4v) is 1.47. The summed E-state index contributed by atoms with van der Waals surface area (Å²) in [6.45, 7) is 1.99. The van der Waals surface area contributed by atoms with Gasteiger partial charge in [0.1, 0.15) is 5.82 Å². The van der Waals surface area contributed by atoms with E-state index in [9.17, 15) is 4.39 Å². The molecule has 3 N–H and O–H groups in total. The SMILES string of the molecule is CC1NC=C(c2ccc(F)cc2)C=C1N. The number of nitrogens with two attached hydrogens (primary N) is 1. The van der Waals surface area contributed by atoms with E-state index in [-0.39, 0.29) is 11.9 Å². The second-order valence-electron chi connectivity index (χ2n) is 3.64. The number of halogens is 1. The third-order valence-corrected chi connectivity index (χ3v) is 2.49. The van der Waals surface area contributed by atoms with E-state index in [2.05, 4.69) is 5.32 Å². The van der Waals surface area contributed by atoms with Crippen molar-refractivity contribution in [1.82, 2.24) is 5.32 Å². The number of benzene rings is 1. The van der Waals surface area contributed by atoms with E-state index in [1.54, 1.807) is 12.1 Å². The van der Waals surface area contributed by atoms with Crippen molar-refractivity contribution in [2.75, 3.05) is 0 Å². The fourth-order valence-electron chi connectivity index (χ4n) is 1.47. The van der Waals surface area contributed by atoms with Gasteiger partial charge in [0.25, 0.3) is 0 Å². The Bertz CT molecular complexity index is 418. The van der Waals surface area contributed by atoms with Crippen LogP contribution in [0.1, 0.15) is 12.5 Å². The first-order valence-corrected chi connectivity index (χ1v) is 4.86. The molecule has 78 valence electrons. The lowest BCUT2D eigenvalue weighted by Crippen LogP contribution is -2.30.